The van der Waals surface area contributed by atoms with Crippen LogP contribution in [0.5, 0.6) is 0 Å². The molecule has 0 aliphatic rings. The molecule has 288 valence electrons. The number of hydrogen-bond donors (Lipinski definition) is 3. The third-order valence-corrected chi connectivity index (χ3v) is 8.20. The van der Waals surface area contributed by atoms with Crippen LogP contribution in [-0.4, -0.2) is 55.9 Å². The van der Waals surface area contributed by atoms with Gasteiger partial charge in [-0.25, -0.2) is 14.4 Å². The second-order valence-electron chi connectivity index (χ2n) is 13.6. The Morgan fingerprint density at radius 1 is 0.611 bits per heavy atom. The number of hydrogen-bond acceptors (Lipinski definition) is 10. The number of H-pyrrole nitrogens is 2. The summed E-state index contributed by atoms with van der Waals surface area (Å²) in [6, 6.07) is 10.7. The number of aromatic amines is 2. The van der Waals surface area contributed by atoms with Crippen LogP contribution in [-0.2, 0) is 27.4 Å². The maximum atomic E-state index is 13.3. The SMILES string of the molecule is CC(=O)OCCn1c(C(=O)c2cc(C)cc(C)c2)c(C(C)C)c(=O)[nH]c1=O.Cc1cc(C)cc(C(=O)c2c(C(C)C)c(=O)[nH]c(=O)n2CCOC(N)=O)c1. The van der Waals surface area contributed by atoms with Crippen molar-refractivity contribution in [3.8, 4) is 0 Å². The lowest BCUT2D eigenvalue weighted by atomic mass is 9.95. The van der Waals surface area contributed by atoms with Gasteiger partial charge in [0, 0.05) is 29.2 Å². The van der Waals surface area contributed by atoms with Crippen molar-refractivity contribution < 1.29 is 28.7 Å². The number of esters is 1. The average molecular weight is 746 g/mol. The summed E-state index contributed by atoms with van der Waals surface area (Å²) in [5, 5.41) is 0. The van der Waals surface area contributed by atoms with E-state index in [1.807, 2.05) is 39.8 Å². The molecule has 0 saturated heterocycles. The van der Waals surface area contributed by atoms with E-state index in [1.165, 1.54) is 11.5 Å². The summed E-state index contributed by atoms with van der Waals surface area (Å²) in [5.41, 5.74) is 7.17. The lowest BCUT2D eigenvalue weighted by molar-refractivity contribution is -0.141. The summed E-state index contributed by atoms with van der Waals surface area (Å²) in [6.07, 6.45) is -0.987. The highest BCUT2D eigenvalue weighted by Gasteiger charge is 2.26. The molecule has 0 aliphatic carbocycles. The molecule has 4 N–H and O–H groups in total. The zero-order chi connectivity index (χ0) is 40.6. The van der Waals surface area contributed by atoms with Gasteiger partial charge in [0.25, 0.3) is 11.1 Å². The van der Waals surface area contributed by atoms with Gasteiger partial charge in [0.2, 0.25) is 11.6 Å². The van der Waals surface area contributed by atoms with E-state index in [1.54, 1.807) is 52.0 Å². The molecular formula is C39H47N5O10. The number of nitrogens with zero attached hydrogens (tertiary/aromatic N) is 2. The number of carbonyl (C=O) groups excluding carboxylic acids is 4. The van der Waals surface area contributed by atoms with Crippen LogP contribution in [0, 0.1) is 27.7 Å². The maximum absolute atomic E-state index is 13.3. The van der Waals surface area contributed by atoms with Gasteiger partial charge in [0.1, 0.15) is 24.6 Å². The van der Waals surface area contributed by atoms with E-state index in [2.05, 4.69) is 14.7 Å². The van der Waals surface area contributed by atoms with E-state index in [-0.39, 0.29) is 60.7 Å². The molecule has 0 unspecified atom stereocenters. The summed E-state index contributed by atoms with van der Waals surface area (Å²) >= 11 is 0. The molecule has 0 spiro atoms. The number of nitrogens with two attached hydrogens (primary N) is 1. The second-order valence-corrected chi connectivity index (χ2v) is 13.6. The Hall–Kier alpha value is -6.12. The molecule has 0 atom stereocenters. The minimum Gasteiger partial charge on any atom is -0.464 e. The van der Waals surface area contributed by atoms with Crippen LogP contribution >= 0.6 is 0 Å². The zero-order valence-electron chi connectivity index (χ0n) is 32.0. The first-order valence-electron chi connectivity index (χ1n) is 17.3. The summed E-state index contributed by atoms with van der Waals surface area (Å²) in [6.45, 7) is 15.4. The van der Waals surface area contributed by atoms with Crippen molar-refractivity contribution in [2.45, 2.75) is 87.2 Å². The van der Waals surface area contributed by atoms with Crippen molar-refractivity contribution in [1.82, 2.24) is 19.1 Å². The number of rotatable bonds is 12. The Labute approximate surface area is 311 Å². The molecule has 0 aliphatic heterocycles. The van der Waals surface area contributed by atoms with Gasteiger partial charge in [-0.1, -0.05) is 62.1 Å². The van der Waals surface area contributed by atoms with Crippen molar-refractivity contribution >= 4 is 23.6 Å². The van der Waals surface area contributed by atoms with E-state index in [0.717, 1.165) is 26.8 Å². The lowest BCUT2D eigenvalue weighted by Gasteiger charge is -2.17. The van der Waals surface area contributed by atoms with Gasteiger partial charge in [-0.3, -0.25) is 43.1 Å². The molecule has 2 aromatic carbocycles. The van der Waals surface area contributed by atoms with Gasteiger partial charge >= 0.3 is 23.4 Å². The van der Waals surface area contributed by atoms with E-state index < -0.39 is 46.1 Å². The molecule has 0 fully saturated rings. The molecule has 2 aromatic heterocycles. The summed E-state index contributed by atoms with van der Waals surface area (Å²) in [4.78, 5) is 102. The molecular weight excluding hydrogens is 698 g/mol. The number of aromatic nitrogens is 4. The van der Waals surface area contributed by atoms with Crippen molar-refractivity contribution in [3.63, 3.8) is 0 Å². The largest absolute Gasteiger partial charge is 0.464 e. The fourth-order valence-corrected chi connectivity index (χ4v) is 6.16. The first kappa shape index (κ1) is 42.3. The highest BCUT2D eigenvalue weighted by molar-refractivity contribution is 6.09. The molecule has 15 nitrogen and oxygen atoms in total. The van der Waals surface area contributed by atoms with Crippen LogP contribution in [0.25, 0.3) is 0 Å². The van der Waals surface area contributed by atoms with Gasteiger partial charge in [-0.05, 0) is 63.8 Å². The highest BCUT2D eigenvalue weighted by atomic mass is 16.5. The van der Waals surface area contributed by atoms with Crippen molar-refractivity contribution in [1.29, 1.82) is 0 Å². The molecule has 0 saturated carbocycles. The van der Waals surface area contributed by atoms with Crippen molar-refractivity contribution in [2.75, 3.05) is 13.2 Å². The summed E-state index contributed by atoms with van der Waals surface area (Å²) in [5.74, 6) is -1.91. The molecule has 54 heavy (non-hydrogen) atoms. The average Bonchev–Trinajstić information content (AvgIpc) is 3.04. The Kier molecular flexibility index (Phi) is 14.2. The quantitative estimate of drug-likeness (QED) is 0.141. The van der Waals surface area contributed by atoms with Crippen LogP contribution in [0.15, 0.2) is 55.6 Å². The summed E-state index contributed by atoms with van der Waals surface area (Å²) in [7, 11) is 0. The molecule has 1 amide bonds. The zero-order valence-corrected chi connectivity index (χ0v) is 32.0. The van der Waals surface area contributed by atoms with Crippen LogP contribution in [0.3, 0.4) is 0 Å². The molecule has 0 bridgehead atoms. The number of amides is 1. The number of carbonyl (C=O) groups is 4. The topological polar surface area (TPSA) is 222 Å². The number of ketones is 2. The second kappa shape index (κ2) is 18.1. The van der Waals surface area contributed by atoms with Gasteiger partial charge in [-0.2, -0.15) is 0 Å². The third-order valence-electron chi connectivity index (χ3n) is 8.20. The van der Waals surface area contributed by atoms with E-state index in [4.69, 9.17) is 10.5 Å². The van der Waals surface area contributed by atoms with E-state index >= 15 is 0 Å². The molecule has 15 heteroatoms. The minimum atomic E-state index is -0.987. The molecule has 4 aromatic rings. The predicted octanol–water partition coefficient (Wildman–Crippen LogP) is 3.67. The first-order valence-corrected chi connectivity index (χ1v) is 17.3. The fraction of sp³-hybridized carbons (Fsp3) is 0.385. The minimum absolute atomic E-state index is 0.00294. The normalized spacial score (nSPS) is 10.9. The number of primary amides is 1. The monoisotopic (exact) mass is 745 g/mol. The molecule has 0 radical (unpaired) electrons. The van der Waals surface area contributed by atoms with E-state index in [9.17, 15) is 38.4 Å². The highest BCUT2D eigenvalue weighted by Crippen LogP contribution is 2.21. The number of aryl methyl sites for hydroxylation is 4. The standard InChI is InChI=1S/C20H24N2O5.C19H23N3O5/c1-11(2)16-17(18(24)15-9-12(3)8-13(4)10-15)22(6-7-27-14(5)23)20(26)21-19(16)25;1-10(2)14-15(16(23)13-8-11(3)7-12(4)9-13)22(5-6-27-18(20)25)19(26)21-17(14)24/h8-11H,6-7H2,1-5H3,(H,21,25,26);7-10H,5-6H2,1-4H3,(H2,20,25)(H,21,24,26). The van der Waals surface area contributed by atoms with Gasteiger partial charge < -0.3 is 15.2 Å². The summed E-state index contributed by atoms with van der Waals surface area (Å²) < 4.78 is 11.9. The fourth-order valence-electron chi connectivity index (χ4n) is 6.16. The Balaban J connectivity index is 0.000000290. The smallest absolute Gasteiger partial charge is 0.404 e. The predicted molar refractivity (Wildman–Crippen MR) is 202 cm³/mol. The van der Waals surface area contributed by atoms with Gasteiger partial charge in [-0.15, -0.1) is 0 Å². The number of benzene rings is 2. The maximum Gasteiger partial charge on any atom is 0.404 e. The van der Waals surface area contributed by atoms with Crippen molar-refractivity contribution in [2.24, 2.45) is 5.73 Å². The van der Waals surface area contributed by atoms with Crippen LogP contribution in [0.2, 0.25) is 0 Å². The third kappa shape index (κ3) is 10.5. The first-order chi connectivity index (χ1) is 25.2. The lowest BCUT2D eigenvalue weighted by Crippen LogP contribution is -2.39. The van der Waals surface area contributed by atoms with Crippen LogP contribution in [0.1, 0.15) is 112 Å². The van der Waals surface area contributed by atoms with Crippen LogP contribution < -0.4 is 28.2 Å². The molecule has 2 heterocycles. The Bertz CT molecular complexity index is 2120. The van der Waals surface area contributed by atoms with Crippen molar-refractivity contribution in [3.05, 3.63) is 134 Å². The number of nitrogens with one attached hydrogen (secondary N) is 2. The Morgan fingerprint density at radius 3 is 1.24 bits per heavy atom. The Morgan fingerprint density at radius 2 is 0.944 bits per heavy atom. The van der Waals surface area contributed by atoms with Crippen LogP contribution in [0.4, 0.5) is 4.79 Å². The number of ether oxygens (including phenoxy) is 2. The van der Waals surface area contributed by atoms with Gasteiger partial charge in [0.05, 0.1) is 13.1 Å². The van der Waals surface area contributed by atoms with Gasteiger partial charge in [0.15, 0.2) is 0 Å². The molecule has 4 rings (SSSR count). The van der Waals surface area contributed by atoms with E-state index in [0.29, 0.717) is 11.1 Å².